The van der Waals surface area contributed by atoms with Crippen molar-refractivity contribution in [2.24, 2.45) is 5.92 Å². The van der Waals surface area contributed by atoms with E-state index in [-0.39, 0.29) is 12.6 Å². The first-order chi connectivity index (χ1) is 12.3. The van der Waals surface area contributed by atoms with Crippen LogP contribution >= 0.6 is 0 Å². The highest BCUT2D eigenvalue weighted by atomic mass is 16.6. The molecule has 4 atom stereocenters. The van der Waals surface area contributed by atoms with Crippen molar-refractivity contribution in [2.75, 3.05) is 13.6 Å². The molecule has 2 aliphatic rings. The second-order valence-corrected chi connectivity index (χ2v) is 6.03. The van der Waals surface area contributed by atoms with Crippen LogP contribution in [0, 0.1) is 5.92 Å². The second kappa shape index (κ2) is 6.71. The van der Waals surface area contributed by atoms with Gasteiger partial charge in [0.2, 0.25) is 0 Å². The minimum atomic E-state index is -2.29. The summed E-state index contributed by atoms with van der Waals surface area (Å²) in [7, 11) is 0. The molecule has 5 heteroatoms. The molecule has 0 aromatic heterocycles. The monoisotopic (exact) mass is 320 g/mol. The summed E-state index contributed by atoms with van der Waals surface area (Å²) in [6, 6.07) is 7.83. The first-order valence-corrected chi connectivity index (χ1v) is 8.04. The van der Waals surface area contributed by atoms with Gasteiger partial charge in [-0.3, -0.25) is 9.69 Å². The van der Waals surface area contributed by atoms with Crippen LogP contribution in [0.2, 0.25) is 0 Å². The molecule has 0 spiro atoms. The molecule has 0 unspecified atom stereocenters. The average molecular weight is 320 g/mol. The molecule has 2 saturated heterocycles. The van der Waals surface area contributed by atoms with Gasteiger partial charge in [-0.2, -0.15) is 0 Å². The fraction of sp³-hybridized carbons (Fsp3) is 0.556. The third-order valence-corrected chi connectivity index (χ3v) is 4.69. The van der Waals surface area contributed by atoms with E-state index in [2.05, 4.69) is 0 Å². The van der Waals surface area contributed by atoms with E-state index in [1.54, 1.807) is 37.3 Å². The second-order valence-electron chi connectivity index (χ2n) is 6.03. The van der Waals surface area contributed by atoms with Gasteiger partial charge < -0.3 is 9.47 Å². The van der Waals surface area contributed by atoms with Crippen molar-refractivity contribution in [1.82, 2.24) is 4.90 Å². The number of fused-ring (bicyclic) bond motifs is 2. The Morgan fingerprint density at radius 2 is 2.09 bits per heavy atom. The lowest BCUT2D eigenvalue weighted by atomic mass is 9.87. The number of piperidine rings is 1. The maximum atomic E-state index is 12.6. The van der Waals surface area contributed by atoms with Gasteiger partial charge >= 0.3 is 11.9 Å². The van der Waals surface area contributed by atoms with Crippen LogP contribution in [0.3, 0.4) is 0 Å². The number of carbonyl (C=O) groups is 2. The molecular formula is C18H23NO4. The number of hydrogen-bond acceptors (Lipinski definition) is 5. The predicted octanol–water partition coefficient (Wildman–Crippen LogP) is 2.26. The van der Waals surface area contributed by atoms with Crippen molar-refractivity contribution in [3.8, 4) is 0 Å². The molecule has 0 saturated carbocycles. The summed E-state index contributed by atoms with van der Waals surface area (Å²) >= 11 is 0. The SMILES string of the molecule is [2H]C([2H])([2H])N1[C@H]2CC[C@@H]1[C@@H](C(=O)OCC)[C@@H](OC(=O)c1ccccc1)C2. The smallest absolute Gasteiger partial charge is 0.338 e. The number of ether oxygens (including phenoxy) is 2. The summed E-state index contributed by atoms with van der Waals surface area (Å²) in [4.78, 5) is 26.4. The zero-order chi connectivity index (χ0) is 18.9. The summed E-state index contributed by atoms with van der Waals surface area (Å²) in [6.07, 6.45) is 0.874. The van der Waals surface area contributed by atoms with Gasteiger partial charge in [0.15, 0.2) is 0 Å². The number of esters is 2. The van der Waals surface area contributed by atoms with Crippen molar-refractivity contribution in [2.45, 2.75) is 44.4 Å². The quantitative estimate of drug-likeness (QED) is 0.797. The Balaban J connectivity index is 1.85. The molecule has 1 aromatic rings. The minimum absolute atomic E-state index is 0.193. The Morgan fingerprint density at radius 3 is 2.78 bits per heavy atom. The van der Waals surface area contributed by atoms with E-state index >= 15 is 0 Å². The summed E-state index contributed by atoms with van der Waals surface area (Å²) < 4.78 is 34.2. The molecule has 0 amide bonds. The molecule has 0 aliphatic carbocycles. The number of benzene rings is 1. The molecule has 3 rings (SSSR count). The van der Waals surface area contributed by atoms with Gasteiger partial charge in [-0.05, 0) is 38.9 Å². The van der Waals surface area contributed by atoms with Crippen molar-refractivity contribution in [3.05, 3.63) is 35.9 Å². The van der Waals surface area contributed by atoms with Crippen molar-refractivity contribution in [3.63, 3.8) is 0 Å². The molecule has 124 valence electrons. The van der Waals surface area contributed by atoms with E-state index in [0.717, 1.165) is 0 Å². The van der Waals surface area contributed by atoms with E-state index in [9.17, 15) is 9.59 Å². The lowest BCUT2D eigenvalue weighted by Gasteiger charge is -2.40. The number of rotatable bonds is 4. The Kier molecular flexibility index (Phi) is 3.65. The van der Waals surface area contributed by atoms with Crippen LogP contribution in [0.25, 0.3) is 0 Å². The predicted molar refractivity (Wildman–Crippen MR) is 85.0 cm³/mol. The topological polar surface area (TPSA) is 55.8 Å². The highest BCUT2D eigenvalue weighted by molar-refractivity contribution is 5.89. The lowest BCUT2D eigenvalue weighted by molar-refractivity contribution is -0.158. The van der Waals surface area contributed by atoms with Crippen LogP contribution in [-0.2, 0) is 14.3 Å². The van der Waals surface area contributed by atoms with Crippen molar-refractivity contribution < 1.29 is 23.2 Å². The zero-order valence-corrected chi connectivity index (χ0v) is 13.1. The average Bonchev–Trinajstić information content (AvgIpc) is 2.91. The number of carbonyl (C=O) groups excluding carboxylic acids is 2. The van der Waals surface area contributed by atoms with E-state index in [0.29, 0.717) is 24.8 Å². The maximum Gasteiger partial charge on any atom is 0.338 e. The molecule has 2 heterocycles. The molecular weight excluding hydrogens is 294 g/mol. The van der Waals surface area contributed by atoms with Gasteiger partial charge in [-0.15, -0.1) is 0 Å². The molecule has 2 bridgehead atoms. The van der Waals surface area contributed by atoms with Crippen molar-refractivity contribution in [1.29, 1.82) is 0 Å². The molecule has 2 fully saturated rings. The zero-order valence-electron chi connectivity index (χ0n) is 16.1. The molecule has 0 N–H and O–H groups in total. The van der Waals surface area contributed by atoms with Gasteiger partial charge in [0, 0.05) is 22.6 Å². The van der Waals surface area contributed by atoms with Gasteiger partial charge in [0.1, 0.15) is 12.0 Å². The molecule has 23 heavy (non-hydrogen) atoms. The number of nitrogens with zero attached hydrogens (tertiary/aromatic N) is 1. The summed E-state index contributed by atoms with van der Waals surface area (Å²) in [5.74, 6) is -1.80. The Morgan fingerprint density at radius 1 is 1.30 bits per heavy atom. The van der Waals surface area contributed by atoms with Crippen LogP contribution in [0.4, 0.5) is 0 Å². The van der Waals surface area contributed by atoms with Crippen LogP contribution in [0.15, 0.2) is 30.3 Å². The summed E-state index contributed by atoms with van der Waals surface area (Å²) in [5, 5.41) is 0. The van der Waals surface area contributed by atoms with E-state index in [1.165, 1.54) is 4.90 Å². The Labute approximate surface area is 140 Å². The largest absolute Gasteiger partial charge is 0.466 e. The van der Waals surface area contributed by atoms with Crippen LogP contribution in [0.5, 0.6) is 0 Å². The summed E-state index contributed by atoms with van der Waals surface area (Å²) in [6.45, 7) is -0.395. The first-order valence-electron chi connectivity index (χ1n) is 9.54. The van der Waals surface area contributed by atoms with E-state index in [4.69, 9.17) is 13.6 Å². The molecule has 1 aromatic carbocycles. The highest BCUT2D eigenvalue weighted by Gasteiger charge is 2.51. The Hall–Kier alpha value is -1.88. The van der Waals surface area contributed by atoms with Crippen molar-refractivity contribution >= 4 is 11.9 Å². The lowest BCUT2D eigenvalue weighted by Crippen LogP contribution is -2.53. The third-order valence-electron chi connectivity index (χ3n) is 4.69. The molecule has 0 radical (unpaired) electrons. The van der Waals surface area contributed by atoms with Crippen LogP contribution in [0.1, 0.15) is 40.7 Å². The fourth-order valence-corrected chi connectivity index (χ4v) is 3.61. The molecule has 2 aliphatic heterocycles. The molecule has 5 nitrogen and oxygen atoms in total. The van der Waals surface area contributed by atoms with Crippen LogP contribution in [-0.4, -0.2) is 48.6 Å². The van der Waals surface area contributed by atoms with Gasteiger partial charge in [0.25, 0.3) is 0 Å². The van der Waals surface area contributed by atoms with Gasteiger partial charge in [-0.25, -0.2) is 4.79 Å². The normalized spacial score (nSPS) is 32.5. The van der Waals surface area contributed by atoms with Gasteiger partial charge in [0.05, 0.1) is 12.2 Å². The van der Waals surface area contributed by atoms with E-state index < -0.39 is 37.0 Å². The fourth-order valence-electron chi connectivity index (χ4n) is 3.61. The number of hydrogen-bond donors (Lipinski definition) is 0. The van der Waals surface area contributed by atoms with Crippen LogP contribution < -0.4 is 0 Å². The highest BCUT2D eigenvalue weighted by Crippen LogP contribution is 2.40. The van der Waals surface area contributed by atoms with Gasteiger partial charge in [-0.1, -0.05) is 18.2 Å². The third kappa shape index (κ3) is 3.11. The maximum absolute atomic E-state index is 12.6. The first kappa shape index (κ1) is 12.5. The standard InChI is InChI=1S/C18H23NO4/c1-3-22-18(21)16-14-10-9-13(19(14)2)11-15(16)23-17(20)12-7-5-4-6-8-12/h4-8,13-16H,3,9-11H2,1-2H3/t13-,14+,15-,16+/m0/s1/i2D3. The summed E-state index contributed by atoms with van der Waals surface area (Å²) in [5.41, 5.74) is 0.403. The van der Waals surface area contributed by atoms with E-state index in [1.807, 2.05) is 0 Å². The Bertz CT molecular complexity index is 664. The minimum Gasteiger partial charge on any atom is -0.466 e.